The molecule has 0 aromatic heterocycles. The fraction of sp³-hybridized carbons (Fsp3) is 0.500. The first kappa shape index (κ1) is 15.0. The molecule has 1 aromatic carbocycles. The third kappa shape index (κ3) is 3.72. The zero-order valence-corrected chi connectivity index (χ0v) is 11.5. The Morgan fingerprint density at radius 1 is 1.50 bits per heavy atom. The van der Waals surface area contributed by atoms with E-state index in [4.69, 9.17) is 5.73 Å². The highest BCUT2D eigenvalue weighted by Gasteiger charge is 2.22. The molecule has 0 radical (unpaired) electrons. The van der Waals surface area contributed by atoms with Crippen molar-refractivity contribution in [2.45, 2.75) is 44.7 Å². The molecule has 3 N–H and O–H groups in total. The average molecular weight is 269 g/mol. The summed E-state index contributed by atoms with van der Waals surface area (Å²) in [6, 6.07) is 8.63. The molecule has 0 spiro atoms. The molecule has 2 rings (SSSR count). The SMILES string of the molecule is CC(N)CCC(=O)NC1CCc2ccccc21.Cl. The first-order valence-electron chi connectivity index (χ1n) is 6.29. The van der Waals surface area contributed by atoms with Gasteiger partial charge in [0.05, 0.1) is 6.04 Å². The van der Waals surface area contributed by atoms with Gasteiger partial charge >= 0.3 is 0 Å². The van der Waals surface area contributed by atoms with Crippen LogP contribution >= 0.6 is 12.4 Å². The second-order valence-corrected chi connectivity index (χ2v) is 4.87. The molecule has 1 aliphatic carbocycles. The van der Waals surface area contributed by atoms with Crippen molar-refractivity contribution in [2.24, 2.45) is 5.73 Å². The first-order chi connectivity index (χ1) is 8.16. The number of aryl methyl sites for hydroxylation is 1. The largest absolute Gasteiger partial charge is 0.349 e. The van der Waals surface area contributed by atoms with Gasteiger partial charge in [-0.05, 0) is 37.3 Å². The number of rotatable bonds is 4. The standard InChI is InChI=1S/C14H20N2O.ClH/c1-10(15)6-9-14(17)16-13-8-7-11-4-2-3-5-12(11)13;/h2-5,10,13H,6-9,15H2,1H3,(H,16,17);1H. The lowest BCUT2D eigenvalue weighted by molar-refractivity contribution is -0.122. The van der Waals surface area contributed by atoms with Crippen LogP contribution in [0.5, 0.6) is 0 Å². The van der Waals surface area contributed by atoms with E-state index < -0.39 is 0 Å². The van der Waals surface area contributed by atoms with Crippen LogP contribution < -0.4 is 11.1 Å². The van der Waals surface area contributed by atoms with Crippen molar-refractivity contribution in [3.05, 3.63) is 35.4 Å². The fourth-order valence-corrected chi connectivity index (χ4v) is 2.33. The summed E-state index contributed by atoms with van der Waals surface area (Å²) in [4.78, 5) is 11.7. The Hall–Kier alpha value is -1.06. The number of benzene rings is 1. The monoisotopic (exact) mass is 268 g/mol. The van der Waals surface area contributed by atoms with E-state index in [2.05, 4.69) is 23.5 Å². The van der Waals surface area contributed by atoms with Crippen molar-refractivity contribution in [1.82, 2.24) is 5.32 Å². The van der Waals surface area contributed by atoms with Crippen molar-refractivity contribution < 1.29 is 4.79 Å². The maximum Gasteiger partial charge on any atom is 0.220 e. The molecule has 100 valence electrons. The van der Waals surface area contributed by atoms with E-state index in [1.165, 1.54) is 11.1 Å². The number of fused-ring (bicyclic) bond motifs is 1. The summed E-state index contributed by atoms with van der Waals surface area (Å²) in [5.74, 6) is 0.115. The Bertz CT molecular complexity index is 407. The molecule has 1 aliphatic rings. The number of nitrogens with two attached hydrogens (primary N) is 1. The maximum atomic E-state index is 11.7. The molecule has 1 aromatic rings. The van der Waals surface area contributed by atoms with Gasteiger partial charge < -0.3 is 11.1 Å². The van der Waals surface area contributed by atoms with Crippen LogP contribution in [0.15, 0.2) is 24.3 Å². The quantitative estimate of drug-likeness (QED) is 0.881. The topological polar surface area (TPSA) is 55.1 Å². The van der Waals surface area contributed by atoms with Crippen LogP contribution in [0, 0.1) is 0 Å². The minimum atomic E-state index is 0. The van der Waals surface area contributed by atoms with Crippen LogP contribution in [0.3, 0.4) is 0 Å². The lowest BCUT2D eigenvalue weighted by Crippen LogP contribution is -2.28. The Morgan fingerprint density at radius 2 is 2.22 bits per heavy atom. The summed E-state index contributed by atoms with van der Waals surface area (Å²) >= 11 is 0. The van der Waals surface area contributed by atoms with Gasteiger partial charge in [0.2, 0.25) is 5.91 Å². The lowest BCUT2D eigenvalue weighted by Gasteiger charge is -2.14. The summed E-state index contributed by atoms with van der Waals surface area (Å²) in [7, 11) is 0. The van der Waals surface area contributed by atoms with Crippen molar-refractivity contribution >= 4 is 18.3 Å². The summed E-state index contributed by atoms with van der Waals surface area (Å²) < 4.78 is 0. The van der Waals surface area contributed by atoms with E-state index in [-0.39, 0.29) is 30.4 Å². The Morgan fingerprint density at radius 3 is 2.94 bits per heavy atom. The van der Waals surface area contributed by atoms with Gasteiger partial charge in [0, 0.05) is 12.5 Å². The maximum absolute atomic E-state index is 11.7. The second kappa shape index (κ2) is 6.76. The molecule has 0 fully saturated rings. The number of hydrogen-bond donors (Lipinski definition) is 2. The van der Waals surface area contributed by atoms with Crippen LogP contribution in [0.25, 0.3) is 0 Å². The highest BCUT2D eigenvalue weighted by molar-refractivity contribution is 5.85. The molecule has 18 heavy (non-hydrogen) atoms. The van der Waals surface area contributed by atoms with Gasteiger partial charge in [-0.15, -0.1) is 12.4 Å². The van der Waals surface area contributed by atoms with Gasteiger partial charge in [-0.3, -0.25) is 4.79 Å². The normalized spacial score (nSPS) is 18.7. The predicted molar refractivity (Wildman–Crippen MR) is 75.8 cm³/mol. The van der Waals surface area contributed by atoms with Crippen molar-refractivity contribution in [2.75, 3.05) is 0 Å². The summed E-state index contributed by atoms with van der Waals surface area (Å²) in [6.07, 6.45) is 3.36. The van der Waals surface area contributed by atoms with Crippen molar-refractivity contribution in [3.8, 4) is 0 Å². The third-order valence-corrected chi connectivity index (χ3v) is 3.29. The molecule has 2 atom stereocenters. The molecule has 1 amide bonds. The molecule has 3 nitrogen and oxygen atoms in total. The van der Waals surface area contributed by atoms with Crippen molar-refractivity contribution in [3.63, 3.8) is 0 Å². The Balaban J connectivity index is 0.00000162. The smallest absolute Gasteiger partial charge is 0.220 e. The van der Waals surface area contributed by atoms with Gasteiger partial charge in [0.1, 0.15) is 0 Å². The summed E-state index contributed by atoms with van der Waals surface area (Å²) in [6.45, 7) is 1.93. The van der Waals surface area contributed by atoms with E-state index in [9.17, 15) is 4.79 Å². The Kier molecular flexibility index (Phi) is 5.63. The number of nitrogens with one attached hydrogen (secondary N) is 1. The zero-order chi connectivity index (χ0) is 12.3. The lowest BCUT2D eigenvalue weighted by atomic mass is 10.1. The molecule has 0 bridgehead atoms. The molecular formula is C14H21ClN2O. The average Bonchev–Trinajstić information content (AvgIpc) is 2.70. The molecule has 2 unspecified atom stereocenters. The van der Waals surface area contributed by atoms with Crippen LogP contribution in [0.4, 0.5) is 0 Å². The second-order valence-electron chi connectivity index (χ2n) is 4.87. The van der Waals surface area contributed by atoms with Gasteiger partial charge in [-0.2, -0.15) is 0 Å². The van der Waals surface area contributed by atoms with Crippen LogP contribution in [0.1, 0.15) is 43.4 Å². The number of amides is 1. The highest BCUT2D eigenvalue weighted by atomic mass is 35.5. The van der Waals surface area contributed by atoms with E-state index in [0.29, 0.717) is 6.42 Å². The Labute approximate surface area is 115 Å². The molecule has 0 saturated heterocycles. The van der Waals surface area contributed by atoms with Gasteiger partial charge in [0.15, 0.2) is 0 Å². The zero-order valence-electron chi connectivity index (χ0n) is 10.7. The number of halogens is 1. The predicted octanol–water partition coefficient (Wildman–Crippen LogP) is 2.34. The van der Waals surface area contributed by atoms with Gasteiger partial charge in [-0.1, -0.05) is 24.3 Å². The highest BCUT2D eigenvalue weighted by Crippen LogP contribution is 2.30. The van der Waals surface area contributed by atoms with Crippen molar-refractivity contribution in [1.29, 1.82) is 0 Å². The molecule has 0 saturated carbocycles. The van der Waals surface area contributed by atoms with Gasteiger partial charge in [0.25, 0.3) is 0 Å². The van der Waals surface area contributed by atoms with Crippen LogP contribution in [-0.4, -0.2) is 11.9 Å². The molecule has 4 heteroatoms. The number of hydrogen-bond acceptors (Lipinski definition) is 2. The minimum absolute atomic E-state index is 0. The number of carbonyl (C=O) groups is 1. The molecule has 0 aliphatic heterocycles. The van der Waals surface area contributed by atoms with E-state index in [1.54, 1.807) is 0 Å². The minimum Gasteiger partial charge on any atom is -0.349 e. The summed E-state index contributed by atoms with van der Waals surface area (Å²) in [5.41, 5.74) is 8.29. The molecule has 0 heterocycles. The van der Waals surface area contributed by atoms with E-state index >= 15 is 0 Å². The van der Waals surface area contributed by atoms with Gasteiger partial charge in [-0.25, -0.2) is 0 Å². The van der Waals surface area contributed by atoms with Crippen LogP contribution in [-0.2, 0) is 11.2 Å². The summed E-state index contributed by atoms with van der Waals surface area (Å²) in [5, 5.41) is 3.10. The third-order valence-electron chi connectivity index (χ3n) is 3.29. The fourth-order valence-electron chi connectivity index (χ4n) is 2.33. The van der Waals surface area contributed by atoms with E-state index in [1.807, 2.05) is 13.0 Å². The number of carbonyl (C=O) groups excluding carboxylic acids is 1. The molecular weight excluding hydrogens is 248 g/mol. The van der Waals surface area contributed by atoms with E-state index in [0.717, 1.165) is 19.3 Å². The van der Waals surface area contributed by atoms with Crippen LogP contribution in [0.2, 0.25) is 0 Å². The first-order valence-corrected chi connectivity index (χ1v) is 6.29.